The average Bonchev–Trinajstić information content (AvgIpc) is 3.50. The summed E-state index contributed by atoms with van der Waals surface area (Å²) < 4.78 is 0. The molecule has 2 aromatic rings. The molecule has 0 amide bonds. The van der Waals surface area contributed by atoms with E-state index in [0.717, 1.165) is 56.8 Å². The van der Waals surface area contributed by atoms with Gasteiger partial charge in [-0.15, -0.1) is 12.2 Å². The molecule has 3 heteroatoms. The van der Waals surface area contributed by atoms with E-state index in [0.29, 0.717) is 40.6 Å². The van der Waals surface area contributed by atoms with Crippen LogP contribution in [0.2, 0.25) is 0 Å². The minimum absolute atomic E-state index is 0.128. The van der Waals surface area contributed by atoms with Gasteiger partial charge < -0.3 is 15.3 Å². The maximum atomic E-state index is 10.9. The number of rotatable bonds is 0. The van der Waals surface area contributed by atoms with Crippen molar-refractivity contribution in [2.45, 2.75) is 108 Å². The lowest BCUT2D eigenvalue weighted by Gasteiger charge is -2.52. The fraction of sp³-hybridized carbons (Fsp3) is 0.575. The number of aryl methyl sites for hydroxylation is 2. The summed E-state index contributed by atoms with van der Waals surface area (Å²) in [6.45, 7) is 8.61. The predicted octanol–water partition coefficient (Wildman–Crippen LogP) is 8.57. The number of benzene rings is 2. The molecule has 2 aromatic carbocycles. The van der Waals surface area contributed by atoms with Crippen LogP contribution in [0.15, 0.2) is 54.3 Å². The van der Waals surface area contributed by atoms with Crippen molar-refractivity contribution in [3.8, 4) is 23.8 Å². The van der Waals surface area contributed by atoms with Gasteiger partial charge in [-0.2, -0.15) is 0 Å². The van der Waals surface area contributed by atoms with Gasteiger partial charge in [0.2, 0.25) is 0 Å². The molecule has 0 radical (unpaired) electrons. The summed E-state index contributed by atoms with van der Waals surface area (Å²) in [7, 11) is 0. The standard InChI is InChI=1S/C20H24O2.C20H24O/c1-3-20(22)11-9-18-17-6-4-13-12-14(21)5-7-15(13)16(17)8-10-19(18,20)2;1-3-14-5-9-19-18-7-4-13-12-15(21)6-8-16(13)17(18)10-11-20(14,19)2/h1,5,7,12,16-18,21-22H,4,6,8-11H2,2H3;6,8,12,17-19,21H,1,4-5,7,9-11H2,2H3/t16?,17?,18?,19-,20-;17?,18?,19?,20-/m01/s1. The summed E-state index contributed by atoms with van der Waals surface area (Å²) in [5, 5.41) is 30.4. The summed E-state index contributed by atoms with van der Waals surface area (Å²) in [4.78, 5) is 0. The smallest absolute Gasteiger partial charge is 0.130 e. The topological polar surface area (TPSA) is 60.7 Å². The summed E-state index contributed by atoms with van der Waals surface area (Å²) in [5.74, 6) is 7.56. The van der Waals surface area contributed by atoms with Gasteiger partial charge in [-0.1, -0.05) is 38.5 Å². The van der Waals surface area contributed by atoms with Gasteiger partial charge >= 0.3 is 0 Å². The van der Waals surface area contributed by atoms with Gasteiger partial charge in [0.05, 0.1) is 0 Å². The number of phenols is 2. The van der Waals surface area contributed by atoms with Crippen LogP contribution in [-0.4, -0.2) is 20.9 Å². The monoisotopic (exact) mass is 576 g/mol. The fourth-order valence-electron chi connectivity index (χ4n) is 11.5. The van der Waals surface area contributed by atoms with E-state index < -0.39 is 5.60 Å². The van der Waals surface area contributed by atoms with Crippen LogP contribution in [0.25, 0.3) is 0 Å². The third-order valence-electron chi connectivity index (χ3n) is 13.8. The number of aromatic hydroxyl groups is 2. The number of terminal acetylenes is 1. The molecule has 6 aliphatic rings. The van der Waals surface area contributed by atoms with Gasteiger partial charge in [0.1, 0.15) is 17.1 Å². The first-order chi connectivity index (χ1) is 20.6. The van der Waals surface area contributed by atoms with Gasteiger partial charge in [0, 0.05) is 5.41 Å². The van der Waals surface area contributed by atoms with E-state index in [9.17, 15) is 15.3 Å². The zero-order valence-electron chi connectivity index (χ0n) is 26.0. The van der Waals surface area contributed by atoms with Gasteiger partial charge in [-0.25, -0.2) is 0 Å². The summed E-state index contributed by atoms with van der Waals surface area (Å²) in [5.41, 5.74) is 9.70. The highest BCUT2D eigenvalue weighted by Crippen LogP contribution is 2.65. The van der Waals surface area contributed by atoms with Crippen molar-refractivity contribution in [2.75, 3.05) is 0 Å². The molecule has 3 nitrogen and oxygen atoms in total. The molecule has 0 bridgehead atoms. The van der Waals surface area contributed by atoms with Crippen molar-refractivity contribution in [3.63, 3.8) is 0 Å². The SMILES string of the molecule is C#C[C@]1(O)CCC2C3CCc4cc(O)ccc4C3CC[C@@]21C.C=C=C1CCC2C3CCc4cc(O)ccc4C3CC[C@]12C. The molecule has 43 heavy (non-hydrogen) atoms. The zero-order chi connectivity index (χ0) is 30.1. The summed E-state index contributed by atoms with van der Waals surface area (Å²) >= 11 is 0. The molecule has 0 heterocycles. The van der Waals surface area contributed by atoms with Crippen molar-refractivity contribution >= 4 is 0 Å². The Morgan fingerprint density at radius 1 is 0.744 bits per heavy atom. The van der Waals surface area contributed by atoms with Crippen LogP contribution in [0, 0.1) is 46.8 Å². The lowest BCUT2D eigenvalue weighted by molar-refractivity contribution is -0.0646. The van der Waals surface area contributed by atoms with Crippen molar-refractivity contribution in [1.82, 2.24) is 0 Å². The minimum atomic E-state index is -0.919. The molecular weight excluding hydrogens is 528 g/mol. The first-order valence-corrected chi connectivity index (χ1v) is 16.8. The van der Waals surface area contributed by atoms with Gasteiger partial charge in [-0.05, 0) is 170 Å². The second kappa shape index (κ2) is 10.3. The highest BCUT2D eigenvalue weighted by molar-refractivity contribution is 5.42. The lowest BCUT2D eigenvalue weighted by atomic mass is 9.53. The Labute approximate surface area is 258 Å². The highest BCUT2D eigenvalue weighted by Gasteiger charge is 2.61. The molecule has 0 saturated heterocycles. The first kappa shape index (κ1) is 28.8. The fourth-order valence-corrected chi connectivity index (χ4v) is 11.5. The minimum Gasteiger partial charge on any atom is -0.508 e. The van der Waals surface area contributed by atoms with E-state index in [1.54, 1.807) is 0 Å². The molecule has 6 aliphatic carbocycles. The molecule has 9 atom stereocenters. The Morgan fingerprint density at radius 3 is 1.91 bits per heavy atom. The maximum Gasteiger partial charge on any atom is 0.130 e. The molecule has 4 saturated carbocycles. The summed E-state index contributed by atoms with van der Waals surface area (Å²) in [6, 6.07) is 11.9. The molecule has 6 unspecified atom stereocenters. The van der Waals surface area contributed by atoms with Crippen LogP contribution in [0.1, 0.15) is 112 Å². The van der Waals surface area contributed by atoms with E-state index >= 15 is 0 Å². The van der Waals surface area contributed by atoms with Crippen LogP contribution >= 0.6 is 0 Å². The molecule has 0 aromatic heterocycles. The van der Waals surface area contributed by atoms with E-state index in [1.807, 2.05) is 24.3 Å². The van der Waals surface area contributed by atoms with E-state index in [2.05, 4.69) is 44.2 Å². The van der Waals surface area contributed by atoms with E-state index in [1.165, 1.54) is 59.9 Å². The van der Waals surface area contributed by atoms with Crippen LogP contribution in [-0.2, 0) is 12.8 Å². The molecule has 8 rings (SSSR count). The molecule has 4 fully saturated rings. The van der Waals surface area contributed by atoms with Crippen molar-refractivity contribution in [3.05, 3.63) is 76.5 Å². The molecule has 0 spiro atoms. The van der Waals surface area contributed by atoms with Crippen LogP contribution in [0.3, 0.4) is 0 Å². The predicted molar refractivity (Wildman–Crippen MR) is 172 cm³/mol. The van der Waals surface area contributed by atoms with Gasteiger partial charge in [-0.3, -0.25) is 0 Å². The number of allylic oxidation sites excluding steroid dienone is 1. The number of fused-ring (bicyclic) bond motifs is 10. The number of hydrogen-bond donors (Lipinski definition) is 3. The van der Waals surface area contributed by atoms with Crippen molar-refractivity contribution in [1.29, 1.82) is 0 Å². The Balaban J connectivity index is 0.000000140. The van der Waals surface area contributed by atoms with Crippen LogP contribution in [0.4, 0.5) is 0 Å². The lowest BCUT2D eigenvalue weighted by Crippen LogP contribution is -2.50. The number of aliphatic hydroxyl groups is 1. The molecule has 226 valence electrons. The normalized spacial score (nSPS) is 40.2. The van der Waals surface area contributed by atoms with E-state index in [4.69, 9.17) is 6.42 Å². The second-order valence-electron chi connectivity index (χ2n) is 15.2. The quantitative estimate of drug-likeness (QED) is 0.217. The Kier molecular flexibility index (Phi) is 6.92. The highest BCUT2D eigenvalue weighted by atomic mass is 16.3. The van der Waals surface area contributed by atoms with E-state index in [-0.39, 0.29) is 5.41 Å². The zero-order valence-corrected chi connectivity index (χ0v) is 26.0. The molecule has 3 N–H and O–H groups in total. The Morgan fingerprint density at radius 2 is 1.33 bits per heavy atom. The van der Waals surface area contributed by atoms with Crippen molar-refractivity contribution in [2.24, 2.45) is 34.5 Å². The third-order valence-corrected chi connectivity index (χ3v) is 13.8. The first-order valence-electron chi connectivity index (χ1n) is 16.8. The van der Waals surface area contributed by atoms with Crippen molar-refractivity contribution < 1.29 is 15.3 Å². The summed E-state index contributed by atoms with van der Waals surface area (Å²) in [6.07, 6.45) is 19.3. The Hall–Kier alpha value is -2.92. The third kappa shape index (κ3) is 4.28. The maximum absolute atomic E-state index is 10.9. The van der Waals surface area contributed by atoms with Gasteiger partial charge in [0.25, 0.3) is 0 Å². The average molecular weight is 577 g/mol. The number of phenolic OH excluding ortho intramolecular Hbond substituents is 2. The van der Waals surface area contributed by atoms with Crippen LogP contribution in [0.5, 0.6) is 11.5 Å². The second-order valence-corrected chi connectivity index (χ2v) is 15.2. The number of hydrogen-bond acceptors (Lipinski definition) is 3. The Bertz CT molecular complexity index is 1520. The largest absolute Gasteiger partial charge is 0.508 e. The van der Waals surface area contributed by atoms with Crippen LogP contribution < -0.4 is 0 Å². The molecular formula is C40H48O3. The molecule has 0 aliphatic heterocycles. The van der Waals surface area contributed by atoms with Gasteiger partial charge in [0.15, 0.2) is 0 Å².